The number of nitrogens with zero attached hydrogens (tertiary/aromatic N) is 2. The van der Waals surface area contributed by atoms with Crippen LogP contribution in [0.5, 0.6) is 0 Å². The molecule has 24 heavy (non-hydrogen) atoms. The van der Waals surface area contributed by atoms with Crippen LogP contribution in [0.15, 0.2) is 48.2 Å². The molecule has 2 heterocycles. The number of pyridine rings is 1. The Kier molecular flexibility index (Phi) is 4.28. The highest BCUT2D eigenvalue weighted by molar-refractivity contribution is 7.80. The minimum Gasteiger partial charge on any atom is -0.383 e. The third kappa shape index (κ3) is 2.99. The third-order valence-electron chi connectivity index (χ3n) is 3.36. The standard InChI is InChI=1S/C16H11ClN4O2S/c17-10-3-5-11(6-4-10)21-15(23)12(14(22)20-16(21)24)8-9-2-1-7-19-13(9)18/h1-8H,(H2,18,19)(H,20,22,24). The van der Waals surface area contributed by atoms with Crippen LogP contribution in [0, 0.1) is 0 Å². The van der Waals surface area contributed by atoms with E-state index in [1.54, 1.807) is 36.4 Å². The largest absolute Gasteiger partial charge is 0.383 e. The van der Waals surface area contributed by atoms with Crippen LogP contribution < -0.4 is 16.0 Å². The molecular formula is C16H11ClN4O2S. The van der Waals surface area contributed by atoms with Crippen LogP contribution in [-0.2, 0) is 9.59 Å². The summed E-state index contributed by atoms with van der Waals surface area (Å²) in [5.41, 5.74) is 6.65. The van der Waals surface area contributed by atoms with Crippen molar-refractivity contribution in [3.8, 4) is 0 Å². The van der Waals surface area contributed by atoms with Gasteiger partial charge in [-0.05, 0) is 54.7 Å². The van der Waals surface area contributed by atoms with Gasteiger partial charge in [0.05, 0.1) is 5.69 Å². The summed E-state index contributed by atoms with van der Waals surface area (Å²) in [6.45, 7) is 0. The van der Waals surface area contributed by atoms with Crippen molar-refractivity contribution in [1.82, 2.24) is 10.3 Å². The van der Waals surface area contributed by atoms with E-state index in [1.807, 2.05) is 0 Å². The van der Waals surface area contributed by atoms with Gasteiger partial charge in [0, 0.05) is 16.8 Å². The Labute approximate surface area is 147 Å². The van der Waals surface area contributed by atoms with Crippen LogP contribution in [0.3, 0.4) is 0 Å². The van der Waals surface area contributed by atoms with Gasteiger partial charge >= 0.3 is 0 Å². The van der Waals surface area contributed by atoms with Crippen molar-refractivity contribution in [3.05, 3.63) is 58.8 Å². The van der Waals surface area contributed by atoms with Gasteiger partial charge < -0.3 is 5.73 Å². The quantitative estimate of drug-likeness (QED) is 0.488. The van der Waals surface area contributed by atoms with E-state index in [-0.39, 0.29) is 16.5 Å². The Morgan fingerprint density at radius 1 is 1.21 bits per heavy atom. The van der Waals surface area contributed by atoms with E-state index in [9.17, 15) is 9.59 Å². The molecule has 1 aliphatic rings. The fourth-order valence-electron chi connectivity index (χ4n) is 2.19. The summed E-state index contributed by atoms with van der Waals surface area (Å²) in [6, 6.07) is 9.86. The van der Waals surface area contributed by atoms with E-state index in [0.717, 1.165) is 0 Å². The second-order valence-electron chi connectivity index (χ2n) is 4.91. The lowest BCUT2D eigenvalue weighted by molar-refractivity contribution is -0.122. The topological polar surface area (TPSA) is 88.3 Å². The number of nitrogen functional groups attached to an aromatic ring is 1. The van der Waals surface area contributed by atoms with Gasteiger partial charge in [-0.25, -0.2) is 4.98 Å². The lowest BCUT2D eigenvalue weighted by Gasteiger charge is -2.29. The molecule has 2 aromatic rings. The Balaban J connectivity index is 2.03. The molecule has 0 radical (unpaired) electrons. The molecule has 1 fully saturated rings. The summed E-state index contributed by atoms with van der Waals surface area (Å²) in [5, 5.41) is 3.03. The average Bonchev–Trinajstić information content (AvgIpc) is 2.54. The minimum absolute atomic E-state index is 0.00336. The number of anilines is 2. The summed E-state index contributed by atoms with van der Waals surface area (Å²) >= 11 is 11.0. The molecule has 1 aromatic heterocycles. The Bertz CT molecular complexity index is 880. The number of thiocarbonyl (C=S) groups is 1. The number of hydrogen-bond donors (Lipinski definition) is 2. The molecule has 0 unspecified atom stereocenters. The minimum atomic E-state index is -0.585. The van der Waals surface area contributed by atoms with Crippen molar-refractivity contribution in [2.45, 2.75) is 0 Å². The molecule has 1 saturated heterocycles. The maximum Gasteiger partial charge on any atom is 0.270 e. The van der Waals surface area contributed by atoms with Crippen molar-refractivity contribution >= 4 is 58.3 Å². The predicted molar refractivity (Wildman–Crippen MR) is 96.3 cm³/mol. The Hall–Kier alpha value is -2.77. The van der Waals surface area contributed by atoms with Crippen molar-refractivity contribution in [2.75, 3.05) is 10.6 Å². The second-order valence-corrected chi connectivity index (χ2v) is 5.74. The number of carbonyl (C=O) groups excluding carboxylic acids is 2. The Morgan fingerprint density at radius 2 is 1.92 bits per heavy atom. The zero-order chi connectivity index (χ0) is 17.3. The normalized spacial score (nSPS) is 16.5. The number of halogens is 1. The molecule has 120 valence electrons. The molecule has 0 spiro atoms. The molecule has 0 saturated carbocycles. The maximum absolute atomic E-state index is 12.8. The summed E-state index contributed by atoms with van der Waals surface area (Å²) in [7, 11) is 0. The average molecular weight is 359 g/mol. The molecule has 3 N–H and O–H groups in total. The van der Waals surface area contributed by atoms with E-state index in [2.05, 4.69) is 10.3 Å². The van der Waals surface area contributed by atoms with E-state index in [0.29, 0.717) is 16.3 Å². The van der Waals surface area contributed by atoms with E-state index in [1.165, 1.54) is 17.2 Å². The van der Waals surface area contributed by atoms with Crippen LogP contribution >= 0.6 is 23.8 Å². The van der Waals surface area contributed by atoms with Crippen molar-refractivity contribution in [2.24, 2.45) is 0 Å². The van der Waals surface area contributed by atoms with Gasteiger partial charge in [0.1, 0.15) is 11.4 Å². The molecule has 0 aliphatic carbocycles. The van der Waals surface area contributed by atoms with Crippen molar-refractivity contribution < 1.29 is 9.59 Å². The van der Waals surface area contributed by atoms with Gasteiger partial charge in [-0.2, -0.15) is 0 Å². The molecular weight excluding hydrogens is 348 g/mol. The van der Waals surface area contributed by atoms with E-state index >= 15 is 0 Å². The summed E-state index contributed by atoms with van der Waals surface area (Å²) < 4.78 is 0. The van der Waals surface area contributed by atoms with E-state index < -0.39 is 11.8 Å². The molecule has 1 aromatic carbocycles. The summed E-state index contributed by atoms with van der Waals surface area (Å²) in [4.78, 5) is 30.1. The monoisotopic (exact) mass is 358 g/mol. The molecule has 0 bridgehead atoms. The number of carbonyl (C=O) groups is 2. The molecule has 2 amide bonds. The number of rotatable bonds is 2. The third-order valence-corrected chi connectivity index (χ3v) is 3.89. The number of nitrogens with two attached hydrogens (primary N) is 1. The molecule has 3 rings (SSSR count). The lowest BCUT2D eigenvalue weighted by Crippen LogP contribution is -2.54. The zero-order valence-corrected chi connectivity index (χ0v) is 13.8. The van der Waals surface area contributed by atoms with Gasteiger partial charge in [0.15, 0.2) is 5.11 Å². The molecule has 0 atom stereocenters. The smallest absolute Gasteiger partial charge is 0.270 e. The van der Waals surface area contributed by atoms with Crippen LogP contribution in [-0.4, -0.2) is 21.9 Å². The first kappa shape index (κ1) is 16.1. The fourth-order valence-corrected chi connectivity index (χ4v) is 2.60. The van der Waals surface area contributed by atoms with Crippen molar-refractivity contribution in [3.63, 3.8) is 0 Å². The highest BCUT2D eigenvalue weighted by atomic mass is 35.5. The number of benzene rings is 1. The van der Waals surface area contributed by atoms with Gasteiger partial charge in [-0.1, -0.05) is 11.6 Å². The first-order valence-electron chi connectivity index (χ1n) is 6.85. The van der Waals surface area contributed by atoms with Gasteiger partial charge in [0.2, 0.25) is 0 Å². The predicted octanol–water partition coefficient (Wildman–Crippen LogP) is 2.15. The number of hydrogen-bond acceptors (Lipinski definition) is 5. The fraction of sp³-hybridized carbons (Fsp3) is 0. The van der Waals surface area contributed by atoms with Crippen LogP contribution in [0.4, 0.5) is 11.5 Å². The van der Waals surface area contributed by atoms with Crippen LogP contribution in [0.1, 0.15) is 5.56 Å². The first-order chi connectivity index (χ1) is 11.5. The highest BCUT2D eigenvalue weighted by Crippen LogP contribution is 2.24. The zero-order valence-electron chi connectivity index (χ0n) is 12.2. The number of aromatic nitrogens is 1. The number of nitrogens with one attached hydrogen (secondary N) is 1. The lowest BCUT2D eigenvalue weighted by atomic mass is 10.1. The van der Waals surface area contributed by atoms with Gasteiger partial charge in [-0.15, -0.1) is 0 Å². The first-order valence-corrected chi connectivity index (χ1v) is 7.63. The van der Waals surface area contributed by atoms with Gasteiger partial charge in [0.25, 0.3) is 11.8 Å². The van der Waals surface area contributed by atoms with Crippen LogP contribution in [0.25, 0.3) is 6.08 Å². The maximum atomic E-state index is 12.8. The second kappa shape index (κ2) is 6.38. The Morgan fingerprint density at radius 3 is 2.58 bits per heavy atom. The molecule has 1 aliphatic heterocycles. The van der Waals surface area contributed by atoms with Crippen LogP contribution in [0.2, 0.25) is 5.02 Å². The summed E-state index contributed by atoms with van der Waals surface area (Å²) in [6.07, 6.45) is 2.92. The number of amides is 2. The summed E-state index contributed by atoms with van der Waals surface area (Å²) in [5.74, 6) is -0.912. The molecule has 8 heteroatoms. The highest BCUT2D eigenvalue weighted by Gasteiger charge is 2.34. The SMILES string of the molecule is Nc1ncccc1C=C1C(=O)NC(=S)N(c2ccc(Cl)cc2)C1=O. The molecule has 6 nitrogen and oxygen atoms in total. The van der Waals surface area contributed by atoms with Gasteiger partial charge in [-0.3, -0.25) is 19.8 Å². The van der Waals surface area contributed by atoms with E-state index in [4.69, 9.17) is 29.6 Å². The van der Waals surface area contributed by atoms with Crippen molar-refractivity contribution in [1.29, 1.82) is 0 Å².